The number of nitrogens with zero attached hydrogens (tertiary/aromatic N) is 3. The molecule has 0 bridgehead atoms. The molecule has 2 aromatic carbocycles. The summed E-state index contributed by atoms with van der Waals surface area (Å²) >= 11 is 7.30. The van der Waals surface area contributed by atoms with Crippen LogP contribution in [0.25, 0.3) is 11.4 Å². The molecule has 3 aromatic rings. The number of carbonyl (C=O) groups excluding carboxylic acids is 1. The summed E-state index contributed by atoms with van der Waals surface area (Å²) in [6.45, 7) is 4.31. The number of halogens is 1. The number of ether oxygens (including phenoxy) is 2. The highest BCUT2D eigenvalue weighted by Gasteiger charge is 2.16. The molecular formula is C21H21ClN4O3S. The number of nitrogens with one attached hydrogen (secondary N) is 1. The summed E-state index contributed by atoms with van der Waals surface area (Å²) in [5, 5.41) is 12.5. The van der Waals surface area contributed by atoms with Crippen LogP contribution in [0.3, 0.4) is 0 Å². The fraction of sp³-hybridized carbons (Fsp3) is 0.190. The Labute approximate surface area is 184 Å². The minimum atomic E-state index is -0.211. The van der Waals surface area contributed by atoms with E-state index in [2.05, 4.69) is 22.1 Å². The highest BCUT2D eigenvalue weighted by molar-refractivity contribution is 7.99. The van der Waals surface area contributed by atoms with Crippen LogP contribution in [-0.2, 0) is 11.3 Å². The molecule has 9 heteroatoms. The third-order valence-corrected chi connectivity index (χ3v) is 5.33. The quantitative estimate of drug-likeness (QED) is 0.386. The summed E-state index contributed by atoms with van der Waals surface area (Å²) in [6.07, 6.45) is 1.76. The predicted octanol–water partition coefficient (Wildman–Crippen LogP) is 4.53. The lowest BCUT2D eigenvalue weighted by Crippen LogP contribution is -2.15. The van der Waals surface area contributed by atoms with Crippen LogP contribution >= 0.6 is 23.4 Å². The number of hydrogen-bond acceptors (Lipinski definition) is 6. The predicted molar refractivity (Wildman–Crippen MR) is 120 cm³/mol. The Morgan fingerprint density at radius 1 is 1.23 bits per heavy atom. The van der Waals surface area contributed by atoms with Crippen molar-refractivity contribution in [3.8, 4) is 22.9 Å². The van der Waals surface area contributed by atoms with Crippen molar-refractivity contribution >= 4 is 35.0 Å². The maximum Gasteiger partial charge on any atom is 0.234 e. The van der Waals surface area contributed by atoms with Gasteiger partial charge in [-0.05, 0) is 30.3 Å². The zero-order chi connectivity index (χ0) is 21.5. The second-order valence-electron chi connectivity index (χ2n) is 6.12. The molecule has 1 N–H and O–H groups in total. The molecule has 156 valence electrons. The van der Waals surface area contributed by atoms with Crippen LogP contribution < -0.4 is 14.8 Å². The normalized spacial score (nSPS) is 10.5. The lowest BCUT2D eigenvalue weighted by atomic mass is 10.2. The molecule has 0 radical (unpaired) electrons. The van der Waals surface area contributed by atoms with E-state index in [4.69, 9.17) is 21.1 Å². The first-order valence-corrected chi connectivity index (χ1v) is 10.4. The molecule has 0 atom stereocenters. The van der Waals surface area contributed by atoms with Gasteiger partial charge in [0.05, 0.1) is 25.7 Å². The molecule has 0 unspecified atom stereocenters. The van der Waals surface area contributed by atoms with E-state index in [0.717, 1.165) is 11.3 Å². The van der Waals surface area contributed by atoms with Crippen molar-refractivity contribution in [2.75, 3.05) is 25.3 Å². The molecule has 0 saturated carbocycles. The summed E-state index contributed by atoms with van der Waals surface area (Å²) in [6, 6.07) is 12.6. The van der Waals surface area contributed by atoms with E-state index in [1.54, 1.807) is 31.4 Å². The molecule has 1 aromatic heterocycles. The van der Waals surface area contributed by atoms with Gasteiger partial charge >= 0.3 is 0 Å². The number of allylic oxidation sites excluding steroid dienone is 1. The van der Waals surface area contributed by atoms with E-state index in [0.29, 0.717) is 34.0 Å². The van der Waals surface area contributed by atoms with Gasteiger partial charge in [0.2, 0.25) is 5.91 Å². The van der Waals surface area contributed by atoms with Gasteiger partial charge < -0.3 is 14.8 Å². The van der Waals surface area contributed by atoms with Gasteiger partial charge in [-0.2, -0.15) is 0 Å². The highest BCUT2D eigenvalue weighted by Crippen LogP contribution is 2.29. The summed E-state index contributed by atoms with van der Waals surface area (Å²) in [5.41, 5.74) is 1.38. The van der Waals surface area contributed by atoms with Crippen molar-refractivity contribution in [1.82, 2.24) is 14.8 Å². The van der Waals surface area contributed by atoms with Gasteiger partial charge in [0.25, 0.3) is 0 Å². The molecule has 0 saturated heterocycles. The molecule has 7 nitrogen and oxygen atoms in total. The number of aromatic nitrogens is 3. The number of amides is 1. The third-order valence-electron chi connectivity index (χ3n) is 4.12. The SMILES string of the molecule is C=CCn1c(SCC(=O)Nc2cc(Cl)ccc2OC)nnc1-c1cccc(OC)c1. The fourth-order valence-electron chi connectivity index (χ4n) is 2.76. The lowest BCUT2D eigenvalue weighted by Gasteiger charge is -2.11. The third kappa shape index (κ3) is 5.14. The molecule has 0 aliphatic rings. The van der Waals surface area contributed by atoms with Gasteiger partial charge in [0.1, 0.15) is 11.5 Å². The van der Waals surface area contributed by atoms with E-state index in [1.165, 1.54) is 18.9 Å². The van der Waals surface area contributed by atoms with E-state index < -0.39 is 0 Å². The Kier molecular flexibility index (Phi) is 7.37. The van der Waals surface area contributed by atoms with Crippen LogP contribution in [0, 0.1) is 0 Å². The minimum absolute atomic E-state index is 0.142. The molecule has 0 fully saturated rings. The van der Waals surface area contributed by atoms with Gasteiger partial charge in [-0.15, -0.1) is 16.8 Å². The highest BCUT2D eigenvalue weighted by atomic mass is 35.5. The van der Waals surface area contributed by atoms with E-state index >= 15 is 0 Å². The number of methoxy groups -OCH3 is 2. The number of rotatable bonds is 9. The molecule has 0 aliphatic heterocycles. The number of benzene rings is 2. The van der Waals surface area contributed by atoms with Gasteiger partial charge in [-0.3, -0.25) is 9.36 Å². The van der Waals surface area contributed by atoms with Crippen LogP contribution in [0.4, 0.5) is 5.69 Å². The van der Waals surface area contributed by atoms with Crippen LogP contribution in [0.15, 0.2) is 60.3 Å². The Morgan fingerprint density at radius 2 is 2.07 bits per heavy atom. The van der Waals surface area contributed by atoms with Crippen LogP contribution in [0.5, 0.6) is 11.5 Å². The van der Waals surface area contributed by atoms with E-state index in [-0.39, 0.29) is 11.7 Å². The van der Waals surface area contributed by atoms with Gasteiger partial charge in [0, 0.05) is 17.1 Å². The Bertz CT molecular complexity index is 1050. The lowest BCUT2D eigenvalue weighted by molar-refractivity contribution is -0.113. The summed E-state index contributed by atoms with van der Waals surface area (Å²) < 4.78 is 12.5. The standard InChI is InChI=1S/C21H21ClN4O3S/c1-4-10-26-20(14-6-5-7-16(11-14)28-2)24-25-21(26)30-13-19(27)23-17-12-15(22)8-9-18(17)29-3/h4-9,11-12H,1,10,13H2,2-3H3,(H,23,27). The van der Waals surface area contributed by atoms with E-state index in [1.807, 2.05) is 28.8 Å². The van der Waals surface area contributed by atoms with Crippen molar-refractivity contribution < 1.29 is 14.3 Å². The molecule has 0 aliphatic carbocycles. The first kappa shape index (κ1) is 21.7. The maximum atomic E-state index is 12.5. The number of thioether (sulfide) groups is 1. The largest absolute Gasteiger partial charge is 0.497 e. The Balaban J connectivity index is 1.75. The second kappa shape index (κ2) is 10.2. The van der Waals surface area contributed by atoms with Crippen LogP contribution in [0.2, 0.25) is 5.02 Å². The molecule has 30 heavy (non-hydrogen) atoms. The smallest absolute Gasteiger partial charge is 0.234 e. The fourth-order valence-corrected chi connectivity index (χ4v) is 3.68. The first-order valence-electron chi connectivity index (χ1n) is 9.00. The van der Waals surface area contributed by atoms with Gasteiger partial charge in [-0.1, -0.05) is 41.6 Å². The number of anilines is 1. The second-order valence-corrected chi connectivity index (χ2v) is 7.50. The summed E-state index contributed by atoms with van der Waals surface area (Å²) in [5.74, 6) is 1.87. The summed E-state index contributed by atoms with van der Waals surface area (Å²) in [7, 11) is 3.15. The van der Waals surface area contributed by atoms with Crippen LogP contribution in [0.1, 0.15) is 0 Å². The van der Waals surface area contributed by atoms with Crippen molar-refractivity contribution in [3.63, 3.8) is 0 Å². The van der Waals surface area contributed by atoms with Crippen LogP contribution in [-0.4, -0.2) is 40.6 Å². The Hall–Kier alpha value is -2.97. The minimum Gasteiger partial charge on any atom is -0.497 e. The summed E-state index contributed by atoms with van der Waals surface area (Å²) in [4.78, 5) is 12.5. The maximum absolute atomic E-state index is 12.5. The topological polar surface area (TPSA) is 78.3 Å². The van der Waals surface area contributed by atoms with E-state index in [9.17, 15) is 4.79 Å². The van der Waals surface area contributed by atoms with Gasteiger partial charge in [0.15, 0.2) is 11.0 Å². The monoisotopic (exact) mass is 444 g/mol. The van der Waals surface area contributed by atoms with Crippen molar-refractivity contribution in [2.24, 2.45) is 0 Å². The first-order chi connectivity index (χ1) is 14.5. The molecule has 1 heterocycles. The Morgan fingerprint density at radius 3 is 2.80 bits per heavy atom. The zero-order valence-electron chi connectivity index (χ0n) is 16.6. The number of carbonyl (C=O) groups is 1. The van der Waals surface area contributed by atoms with Crippen molar-refractivity contribution in [1.29, 1.82) is 0 Å². The number of hydrogen-bond donors (Lipinski definition) is 1. The van der Waals surface area contributed by atoms with Gasteiger partial charge in [-0.25, -0.2) is 0 Å². The molecular weight excluding hydrogens is 424 g/mol. The molecule has 3 rings (SSSR count). The zero-order valence-corrected chi connectivity index (χ0v) is 18.2. The molecule has 0 spiro atoms. The average molecular weight is 445 g/mol. The molecule has 1 amide bonds. The van der Waals surface area contributed by atoms with Crippen molar-refractivity contribution in [3.05, 3.63) is 60.1 Å². The van der Waals surface area contributed by atoms with Crippen molar-refractivity contribution in [2.45, 2.75) is 11.7 Å². The average Bonchev–Trinajstić information content (AvgIpc) is 3.15.